The molecule has 0 spiro atoms. The summed E-state index contributed by atoms with van der Waals surface area (Å²) in [7, 11) is 0. The zero-order chi connectivity index (χ0) is 15.3. The first-order valence-corrected chi connectivity index (χ1v) is 6.85. The minimum Gasteiger partial charge on any atom is -0.307 e. The van der Waals surface area contributed by atoms with Gasteiger partial charge in [0.2, 0.25) is 0 Å². The van der Waals surface area contributed by atoms with Crippen LogP contribution in [0.25, 0.3) is 0 Å². The molecule has 107 valence electrons. The fourth-order valence-corrected chi connectivity index (χ4v) is 3.55. The Balaban J connectivity index is 0.000000741. The topological polar surface area (TPSA) is 34.1 Å². The summed E-state index contributed by atoms with van der Waals surface area (Å²) in [6.07, 6.45) is 1.21. The van der Waals surface area contributed by atoms with Crippen LogP contribution < -0.4 is 0 Å². The van der Waals surface area contributed by atoms with Crippen molar-refractivity contribution >= 4 is 13.6 Å². The van der Waals surface area contributed by atoms with Crippen molar-refractivity contribution in [1.29, 1.82) is 0 Å². The highest BCUT2D eigenvalue weighted by Gasteiger charge is 2.42. The lowest BCUT2D eigenvalue weighted by atomic mass is 9.82. The van der Waals surface area contributed by atoms with Crippen molar-refractivity contribution in [3.05, 3.63) is 28.2 Å². The summed E-state index contributed by atoms with van der Waals surface area (Å²) in [5.41, 5.74) is 6.73. The van der Waals surface area contributed by atoms with Gasteiger partial charge < -0.3 is 9.59 Å². The van der Waals surface area contributed by atoms with Crippen LogP contribution in [0.2, 0.25) is 0 Å². The molecule has 0 amide bonds. The van der Waals surface area contributed by atoms with E-state index in [1.165, 1.54) is 6.42 Å². The summed E-state index contributed by atoms with van der Waals surface area (Å²) in [6, 6.07) is 0. The van der Waals surface area contributed by atoms with E-state index in [1.807, 2.05) is 13.6 Å². The number of hydrogen-bond donors (Lipinski definition) is 0. The zero-order valence-electron chi connectivity index (χ0n) is 13.2. The molecule has 19 heavy (non-hydrogen) atoms. The average molecular weight is 263 g/mol. The summed E-state index contributed by atoms with van der Waals surface area (Å²) in [5, 5.41) is 0. The normalized spacial score (nSPS) is 29.5. The van der Waals surface area contributed by atoms with Gasteiger partial charge in [-0.2, -0.15) is 0 Å². The third-order valence-corrected chi connectivity index (χ3v) is 4.85. The van der Waals surface area contributed by atoms with Crippen molar-refractivity contribution in [3.63, 3.8) is 0 Å². The molecule has 0 aromatic carbocycles. The highest BCUT2D eigenvalue weighted by molar-refractivity contribution is 5.56. The molecule has 0 fully saturated rings. The molecule has 0 aromatic rings. The fraction of sp³-hybridized carbons (Fsp3) is 0.588. The van der Waals surface area contributed by atoms with Gasteiger partial charge in [-0.15, -0.1) is 0 Å². The van der Waals surface area contributed by atoms with Gasteiger partial charge in [0.1, 0.15) is 13.6 Å². The number of hydrogen-bond acceptors (Lipinski definition) is 2. The Labute approximate surface area is 118 Å². The lowest BCUT2D eigenvalue weighted by Gasteiger charge is -2.22. The molecule has 0 aromatic heterocycles. The van der Waals surface area contributed by atoms with Crippen molar-refractivity contribution in [1.82, 2.24) is 0 Å². The van der Waals surface area contributed by atoms with Crippen LogP contribution in [0, 0.1) is 23.7 Å². The summed E-state index contributed by atoms with van der Waals surface area (Å²) in [6.45, 7) is 18.1. The molecule has 2 aliphatic rings. The Bertz CT molecular complexity index is 377. The quantitative estimate of drug-likeness (QED) is 0.711. The van der Waals surface area contributed by atoms with Gasteiger partial charge in [-0.1, -0.05) is 45.8 Å². The minimum absolute atomic E-state index is 0.699. The first-order chi connectivity index (χ1) is 9.00. The Kier molecular flexibility index (Phi) is 6.96. The molecule has 2 nitrogen and oxygen atoms in total. The van der Waals surface area contributed by atoms with Crippen LogP contribution in [0.5, 0.6) is 0 Å². The zero-order valence-corrected chi connectivity index (χ0v) is 13.2. The van der Waals surface area contributed by atoms with Crippen LogP contribution in [-0.4, -0.2) is 13.6 Å². The maximum atomic E-state index is 8.00. The first-order valence-electron chi connectivity index (χ1n) is 6.85. The molecule has 2 aliphatic carbocycles. The van der Waals surface area contributed by atoms with E-state index in [4.69, 9.17) is 9.59 Å². The number of rotatable bonds is 1. The molecule has 0 N–H and O–H groups in total. The minimum atomic E-state index is 0.699. The molecule has 1 radical (unpaired) electrons. The van der Waals surface area contributed by atoms with E-state index in [-0.39, 0.29) is 0 Å². The maximum Gasteiger partial charge on any atom is 0.106 e. The largest absolute Gasteiger partial charge is 0.307 e. The number of carbonyl (C=O) groups is 2. The van der Waals surface area contributed by atoms with Gasteiger partial charge in [0, 0.05) is 0 Å². The van der Waals surface area contributed by atoms with E-state index >= 15 is 0 Å². The fourth-order valence-electron chi connectivity index (χ4n) is 3.55. The molecule has 0 aliphatic heterocycles. The molecule has 0 heterocycles. The van der Waals surface area contributed by atoms with Crippen molar-refractivity contribution in [2.45, 2.75) is 48.0 Å². The Morgan fingerprint density at radius 1 is 0.895 bits per heavy atom. The second kappa shape index (κ2) is 7.42. The van der Waals surface area contributed by atoms with E-state index in [1.54, 1.807) is 28.2 Å². The van der Waals surface area contributed by atoms with Crippen LogP contribution in [0.4, 0.5) is 0 Å². The third-order valence-electron chi connectivity index (χ3n) is 4.85. The molecule has 0 bridgehead atoms. The monoisotopic (exact) mass is 263 g/mol. The van der Waals surface area contributed by atoms with E-state index in [9.17, 15) is 0 Å². The van der Waals surface area contributed by atoms with Gasteiger partial charge >= 0.3 is 0 Å². The molecule has 3 unspecified atom stereocenters. The molecule has 3 atom stereocenters. The predicted molar refractivity (Wildman–Crippen MR) is 80.7 cm³/mol. The molecule has 2 heteroatoms. The smallest absolute Gasteiger partial charge is 0.106 e. The number of carbonyl (C=O) groups excluding carboxylic acids is 2. The molecular formula is C17H27O2. The van der Waals surface area contributed by atoms with E-state index in [2.05, 4.69) is 41.5 Å². The standard InChI is InChI=1S/C15H23.2CH2O/c1-7-13-9(3)12(6)14-10(4)8(2)11(5)15(13)14;2*1-2/h10-12H,7H2,1-6H3;2*1H2. The van der Waals surface area contributed by atoms with E-state index in [0.717, 1.165) is 0 Å². The molecule has 0 saturated carbocycles. The van der Waals surface area contributed by atoms with Gasteiger partial charge in [0.15, 0.2) is 0 Å². The average Bonchev–Trinajstić information content (AvgIpc) is 2.84. The van der Waals surface area contributed by atoms with Crippen LogP contribution in [0.15, 0.2) is 22.3 Å². The SMILES string of the molecule is C=O.C=O.CCC1=C(C)C(C)C2=C1C(C)[C](C)C2C. The lowest BCUT2D eigenvalue weighted by Crippen LogP contribution is -2.12. The van der Waals surface area contributed by atoms with E-state index < -0.39 is 0 Å². The highest BCUT2D eigenvalue weighted by Crippen LogP contribution is 2.55. The van der Waals surface area contributed by atoms with Crippen molar-refractivity contribution in [3.8, 4) is 0 Å². The molecule has 2 rings (SSSR count). The van der Waals surface area contributed by atoms with Crippen LogP contribution >= 0.6 is 0 Å². The third kappa shape index (κ3) is 2.72. The van der Waals surface area contributed by atoms with Gasteiger partial charge in [-0.3, -0.25) is 0 Å². The highest BCUT2D eigenvalue weighted by atomic mass is 16.1. The van der Waals surface area contributed by atoms with Gasteiger partial charge in [0.05, 0.1) is 0 Å². The Morgan fingerprint density at radius 2 is 1.37 bits per heavy atom. The van der Waals surface area contributed by atoms with Gasteiger partial charge in [0.25, 0.3) is 0 Å². The van der Waals surface area contributed by atoms with E-state index in [0.29, 0.717) is 17.8 Å². The van der Waals surface area contributed by atoms with Crippen molar-refractivity contribution < 1.29 is 9.59 Å². The second-order valence-electron chi connectivity index (χ2n) is 5.29. The van der Waals surface area contributed by atoms with Crippen LogP contribution in [0.1, 0.15) is 48.0 Å². The summed E-state index contributed by atoms with van der Waals surface area (Å²) >= 11 is 0. The number of allylic oxidation sites excluding steroid dienone is 4. The van der Waals surface area contributed by atoms with Crippen molar-refractivity contribution in [2.24, 2.45) is 17.8 Å². The van der Waals surface area contributed by atoms with Gasteiger partial charge in [-0.05, 0) is 48.2 Å². The molecule has 0 saturated heterocycles. The first kappa shape index (κ1) is 17.8. The van der Waals surface area contributed by atoms with Crippen molar-refractivity contribution in [2.75, 3.05) is 0 Å². The Morgan fingerprint density at radius 3 is 1.79 bits per heavy atom. The maximum absolute atomic E-state index is 8.00. The summed E-state index contributed by atoms with van der Waals surface area (Å²) in [5.74, 6) is 3.78. The predicted octanol–water partition coefficient (Wildman–Crippen LogP) is 4.17. The lowest BCUT2D eigenvalue weighted by molar-refractivity contribution is -0.0987. The van der Waals surface area contributed by atoms with Gasteiger partial charge in [-0.25, -0.2) is 0 Å². The summed E-state index contributed by atoms with van der Waals surface area (Å²) < 4.78 is 0. The second-order valence-corrected chi connectivity index (χ2v) is 5.29. The molecular weight excluding hydrogens is 236 g/mol. The van der Waals surface area contributed by atoms with Crippen LogP contribution in [0.3, 0.4) is 0 Å². The Hall–Kier alpha value is -1.18. The summed E-state index contributed by atoms with van der Waals surface area (Å²) in [4.78, 5) is 16.0. The van der Waals surface area contributed by atoms with Crippen LogP contribution in [-0.2, 0) is 9.59 Å².